The van der Waals surface area contributed by atoms with Gasteiger partial charge >= 0.3 is 0 Å². The van der Waals surface area contributed by atoms with Crippen molar-refractivity contribution in [3.8, 4) is 0 Å². The van der Waals surface area contributed by atoms with E-state index in [0.717, 1.165) is 18.0 Å². The second kappa shape index (κ2) is 5.16. The van der Waals surface area contributed by atoms with Gasteiger partial charge in [0.15, 0.2) is 0 Å². The minimum Gasteiger partial charge on any atom is -0.311 e. The molecule has 2 unspecified atom stereocenters. The summed E-state index contributed by atoms with van der Waals surface area (Å²) < 4.78 is 0. The van der Waals surface area contributed by atoms with Crippen molar-refractivity contribution in [2.75, 3.05) is 0 Å². The second-order valence-corrected chi connectivity index (χ2v) is 5.46. The summed E-state index contributed by atoms with van der Waals surface area (Å²) in [6, 6.07) is 1.72. The van der Waals surface area contributed by atoms with Crippen LogP contribution >= 0.6 is 0 Å². The van der Waals surface area contributed by atoms with Gasteiger partial charge in [0.1, 0.15) is 0 Å². The molecular formula is C13H25N. The van der Waals surface area contributed by atoms with Gasteiger partial charge in [-0.3, -0.25) is 0 Å². The summed E-state index contributed by atoms with van der Waals surface area (Å²) in [4.78, 5) is 0. The highest BCUT2D eigenvalue weighted by molar-refractivity contribution is 4.80. The van der Waals surface area contributed by atoms with E-state index in [2.05, 4.69) is 12.2 Å². The van der Waals surface area contributed by atoms with E-state index in [-0.39, 0.29) is 0 Å². The van der Waals surface area contributed by atoms with Gasteiger partial charge in [0.25, 0.3) is 0 Å². The highest BCUT2D eigenvalue weighted by Gasteiger charge is 2.21. The van der Waals surface area contributed by atoms with E-state index in [0.29, 0.717) is 0 Å². The molecule has 0 saturated heterocycles. The lowest BCUT2D eigenvalue weighted by Gasteiger charge is -2.21. The Bertz CT molecular complexity index is 161. The van der Waals surface area contributed by atoms with Gasteiger partial charge in [-0.05, 0) is 38.0 Å². The van der Waals surface area contributed by atoms with Crippen LogP contribution in [0.25, 0.3) is 0 Å². The highest BCUT2D eigenvalue weighted by atomic mass is 15.0. The van der Waals surface area contributed by atoms with Gasteiger partial charge in [-0.25, -0.2) is 0 Å². The monoisotopic (exact) mass is 195 g/mol. The number of hydrogen-bond acceptors (Lipinski definition) is 1. The average molecular weight is 195 g/mol. The fourth-order valence-electron chi connectivity index (χ4n) is 3.08. The van der Waals surface area contributed by atoms with Gasteiger partial charge in [-0.15, -0.1) is 0 Å². The van der Waals surface area contributed by atoms with Crippen LogP contribution < -0.4 is 5.32 Å². The van der Waals surface area contributed by atoms with Crippen LogP contribution in [0.15, 0.2) is 0 Å². The molecule has 0 spiro atoms. The molecule has 1 nitrogen and oxygen atoms in total. The van der Waals surface area contributed by atoms with Gasteiger partial charge in [-0.1, -0.05) is 32.6 Å². The predicted molar refractivity (Wildman–Crippen MR) is 61.4 cm³/mol. The standard InChI is InChI=1S/C13H25N/c1-11-5-4-8-13(10-9-11)14-12-6-2-3-7-12/h11-14H,2-10H2,1H3. The lowest BCUT2D eigenvalue weighted by molar-refractivity contribution is 0.391. The van der Waals surface area contributed by atoms with E-state index in [4.69, 9.17) is 0 Å². The third kappa shape index (κ3) is 2.98. The van der Waals surface area contributed by atoms with Gasteiger partial charge in [0.05, 0.1) is 0 Å². The molecule has 0 aliphatic heterocycles. The Morgan fingerprint density at radius 2 is 1.36 bits per heavy atom. The molecule has 14 heavy (non-hydrogen) atoms. The molecular weight excluding hydrogens is 170 g/mol. The highest BCUT2D eigenvalue weighted by Crippen LogP contribution is 2.25. The average Bonchev–Trinajstić information content (AvgIpc) is 2.58. The minimum absolute atomic E-state index is 0.850. The summed E-state index contributed by atoms with van der Waals surface area (Å²) in [6.07, 6.45) is 13.0. The minimum atomic E-state index is 0.850. The Morgan fingerprint density at radius 3 is 2.14 bits per heavy atom. The molecule has 2 aliphatic carbocycles. The van der Waals surface area contributed by atoms with Gasteiger partial charge in [0.2, 0.25) is 0 Å². The Morgan fingerprint density at radius 1 is 0.714 bits per heavy atom. The first-order chi connectivity index (χ1) is 6.84. The molecule has 1 heteroatoms. The van der Waals surface area contributed by atoms with Crippen LogP contribution in [-0.4, -0.2) is 12.1 Å². The van der Waals surface area contributed by atoms with Gasteiger partial charge in [0, 0.05) is 12.1 Å². The van der Waals surface area contributed by atoms with Crippen LogP contribution in [0, 0.1) is 5.92 Å². The molecule has 0 heterocycles. The molecule has 82 valence electrons. The smallest absolute Gasteiger partial charge is 0.00697 e. The van der Waals surface area contributed by atoms with Crippen molar-refractivity contribution < 1.29 is 0 Å². The van der Waals surface area contributed by atoms with E-state index in [1.165, 1.54) is 57.8 Å². The Hall–Kier alpha value is -0.0400. The fourth-order valence-corrected chi connectivity index (χ4v) is 3.08. The lowest BCUT2D eigenvalue weighted by atomic mass is 10.0. The van der Waals surface area contributed by atoms with Crippen LogP contribution in [0.1, 0.15) is 64.7 Å². The van der Waals surface area contributed by atoms with Crippen LogP contribution in [-0.2, 0) is 0 Å². The topological polar surface area (TPSA) is 12.0 Å². The largest absolute Gasteiger partial charge is 0.311 e. The Kier molecular flexibility index (Phi) is 3.86. The first-order valence-corrected chi connectivity index (χ1v) is 6.60. The molecule has 0 radical (unpaired) electrons. The Balaban J connectivity index is 1.73. The Labute approximate surface area is 88.7 Å². The molecule has 2 fully saturated rings. The van der Waals surface area contributed by atoms with Crippen molar-refractivity contribution in [1.82, 2.24) is 5.32 Å². The van der Waals surface area contributed by atoms with E-state index in [1.807, 2.05) is 0 Å². The van der Waals surface area contributed by atoms with E-state index >= 15 is 0 Å². The van der Waals surface area contributed by atoms with E-state index in [9.17, 15) is 0 Å². The number of nitrogens with one attached hydrogen (secondary N) is 1. The molecule has 1 N–H and O–H groups in total. The van der Waals surface area contributed by atoms with Crippen LogP contribution in [0.4, 0.5) is 0 Å². The first kappa shape index (κ1) is 10.5. The lowest BCUT2D eigenvalue weighted by Crippen LogP contribution is -2.36. The van der Waals surface area contributed by atoms with Crippen molar-refractivity contribution in [2.24, 2.45) is 5.92 Å². The summed E-state index contributed by atoms with van der Waals surface area (Å²) in [5, 5.41) is 3.88. The SMILES string of the molecule is CC1CCCC(NC2CCCC2)CC1. The molecule has 0 aromatic carbocycles. The number of rotatable bonds is 2. The zero-order valence-electron chi connectivity index (χ0n) is 9.60. The van der Waals surface area contributed by atoms with Crippen molar-refractivity contribution in [3.63, 3.8) is 0 Å². The van der Waals surface area contributed by atoms with Crippen molar-refractivity contribution in [2.45, 2.75) is 76.8 Å². The second-order valence-electron chi connectivity index (χ2n) is 5.46. The molecule has 0 amide bonds. The summed E-state index contributed by atoms with van der Waals surface area (Å²) in [6.45, 7) is 2.41. The van der Waals surface area contributed by atoms with Crippen LogP contribution in [0.2, 0.25) is 0 Å². The van der Waals surface area contributed by atoms with E-state index < -0.39 is 0 Å². The molecule has 0 bridgehead atoms. The molecule has 0 aromatic heterocycles. The maximum Gasteiger partial charge on any atom is 0.00697 e. The van der Waals surface area contributed by atoms with Crippen LogP contribution in [0.5, 0.6) is 0 Å². The molecule has 2 saturated carbocycles. The maximum absolute atomic E-state index is 3.88. The third-order valence-electron chi connectivity index (χ3n) is 4.08. The summed E-state index contributed by atoms with van der Waals surface area (Å²) in [5.41, 5.74) is 0. The van der Waals surface area contributed by atoms with E-state index in [1.54, 1.807) is 0 Å². The summed E-state index contributed by atoms with van der Waals surface area (Å²) in [7, 11) is 0. The zero-order valence-corrected chi connectivity index (χ0v) is 9.60. The van der Waals surface area contributed by atoms with Gasteiger partial charge < -0.3 is 5.32 Å². The molecule has 2 atom stereocenters. The quantitative estimate of drug-likeness (QED) is 0.665. The number of hydrogen-bond donors (Lipinski definition) is 1. The van der Waals surface area contributed by atoms with Crippen molar-refractivity contribution in [3.05, 3.63) is 0 Å². The fraction of sp³-hybridized carbons (Fsp3) is 1.00. The maximum atomic E-state index is 3.88. The molecule has 0 aromatic rings. The first-order valence-electron chi connectivity index (χ1n) is 6.60. The van der Waals surface area contributed by atoms with Crippen molar-refractivity contribution >= 4 is 0 Å². The summed E-state index contributed by atoms with van der Waals surface area (Å²) >= 11 is 0. The molecule has 2 rings (SSSR count). The normalized spacial score (nSPS) is 35.8. The molecule has 2 aliphatic rings. The van der Waals surface area contributed by atoms with Crippen molar-refractivity contribution in [1.29, 1.82) is 0 Å². The summed E-state index contributed by atoms with van der Waals surface area (Å²) in [5.74, 6) is 0.977. The zero-order chi connectivity index (χ0) is 9.80. The predicted octanol–water partition coefficient (Wildman–Crippen LogP) is 3.49. The third-order valence-corrected chi connectivity index (χ3v) is 4.08. The van der Waals surface area contributed by atoms with Crippen LogP contribution in [0.3, 0.4) is 0 Å². The van der Waals surface area contributed by atoms with Gasteiger partial charge in [-0.2, -0.15) is 0 Å².